The van der Waals surface area contributed by atoms with Gasteiger partial charge in [0.1, 0.15) is 7.05 Å². The summed E-state index contributed by atoms with van der Waals surface area (Å²) in [5, 5.41) is 7.69. The number of pyridine rings is 3. The lowest BCUT2D eigenvalue weighted by Gasteiger charge is -2.14. The van der Waals surface area contributed by atoms with Crippen molar-refractivity contribution >= 4 is 32.3 Å². The van der Waals surface area contributed by atoms with Crippen molar-refractivity contribution in [3.8, 4) is 33.8 Å². The summed E-state index contributed by atoms with van der Waals surface area (Å²) in [6.45, 7) is 14.8. The monoisotopic (exact) mass is 740 g/mol. The minimum Gasteiger partial charge on any atom is -0.200 e. The number of aryl methyl sites for hydroxylation is 7. The topological polar surface area (TPSA) is 11.6 Å². The van der Waals surface area contributed by atoms with E-state index in [0.29, 0.717) is 0 Å². The van der Waals surface area contributed by atoms with Crippen LogP contribution in [0.5, 0.6) is 0 Å². The van der Waals surface area contributed by atoms with Crippen molar-refractivity contribution < 1.29 is 13.7 Å². The maximum absolute atomic E-state index is 2.47. The largest absolute Gasteiger partial charge is 0.220 e. The Morgan fingerprint density at radius 2 is 0.895 bits per heavy atom. The zero-order valence-corrected chi connectivity index (χ0v) is 34.2. The lowest BCUT2D eigenvalue weighted by Crippen LogP contribution is -2.38. The Morgan fingerprint density at radius 3 is 1.54 bits per heavy atom. The molecule has 278 valence electrons. The molecule has 0 amide bonds. The van der Waals surface area contributed by atoms with Crippen molar-refractivity contribution in [1.82, 2.24) is 0 Å². The fraction of sp³-hybridized carbons (Fsp3) is 0.167. The third-order valence-corrected chi connectivity index (χ3v) is 12.0. The molecule has 0 aliphatic rings. The maximum atomic E-state index is 2.47. The van der Waals surface area contributed by atoms with Gasteiger partial charge in [0.25, 0.3) is 0 Å². The summed E-state index contributed by atoms with van der Waals surface area (Å²) in [5.74, 6) is 0. The first-order valence-corrected chi connectivity index (χ1v) is 20.1. The second kappa shape index (κ2) is 14.6. The molecule has 3 aromatic heterocycles. The van der Waals surface area contributed by atoms with Gasteiger partial charge in [-0.25, -0.2) is 4.57 Å². The molecule has 0 saturated heterocycles. The maximum Gasteiger partial charge on any atom is 0.220 e. The van der Waals surface area contributed by atoms with Crippen LogP contribution in [0.3, 0.4) is 0 Å². The zero-order chi connectivity index (χ0) is 39.4. The molecule has 0 unspecified atom stereocenters. The molecule has 6 aromatic carbocycles. The van der Waals surface area contributed by atoms with Crippen LogP contribution in [0.4, 0.5) is 0 Å². The lowest BCUT2D eigenvalue weighted by molar-refractivity contribution is -0.676. The molecule has 0 radical (unpaired) electrons. The number of benzene rings is 6. The van der Waals surface area contributed by atoms with Crippen LogP contribution < -0.4 is 13.7 Å². The average Bonchev–Trinajstić information content (AvgIpc) is 3.19. The Hall–Kier alpha value is -6.45. The Bertz CT molecular complexity index is 3040. The second-order valence-electron chi connectivity index (χ2n) is 16.1. The first kappa shape index (κ1) is 36.2. The van der Waals surface area contributed by atoms with Gasteiger partial charge in [0.05, 0.1) is 16.2 Å². The molecule has 0 aliphatic heterocycles. The highest BCUT2D eigenvalue weighted by Crippen LogP contribution is 2.34. The van der Waals surface area contributed by atoms with Gasteiger partial charge in [0.2, 0.25) is 17.1 Å². The van der Waals surface area contributed by atoms with Crippen molar-refractivity contribution in [1.29, 1.82) is 0 Å². The third-order valence-electron chi connectivity index (χ3n) is 12.0. The van der Waals surface area contributed by atoms with Crippen molar-refractivity contribution in [2.75, 3.05) is 0 Å². The minimum absolute atomic E-state index is 0.750. The summed E-state index contributed by atoms with van der Waals surface area (Å²) in [4.78, 5) is 0. The molecule has 0 saturated carbocycles. The van der Waals surface area contributed by atoms with E-state index in [-0.39, 0.29) is 0 Å². The van der Waals surface area contributed by atoms with Gasteiger partial charge in [-0.2, -0.15) is 9.13 Å². The summed E-state index contributed by atoms with van der Waals surface area (Å²) >= 11 is 0. The van der Waals surface area contributed by atoms with Crippen LogP contribution in [0.15, 0.2) is 152 Å². The molecule has 3 heterocycles. The molecule has 3 heteroatoms. The van der Waals surface area contributed by atoms with Crippen LogP contribution in [0, 0.1) is 41.5 Å². The number of aromatic nitrogens is 3. The summed E-state index contributed by atoms with van der Waals surface area (Å²) in [6.07, 6.45) is 6.85. The smallest absolute Gasteiger partial charge is 0.200 e. The molecule has 9 aromatic rings. The quantitative estimate of drug-likeness (QED) is 0.144. The summed E-state index contributed by atoms with van der Waals surface area (Å²) in [6, 6.07) is 49.7. The Labute approximate surface area is 336 Å². The van der Waals surface area contributed by atoms with Crippen LogP contribution in [-0.2, 0) is 20.1 Å². The second-order valence-corrected chi connectivity index (χ2v) is 16.1. The molecular formula is C54H50N3+3. The number of hydrogen-bond acceptors (Lipinski definition) is 0. The normalized spacial score (nSPS) is 11.6. The van der Waals surface area contributed by atoms with Gasteiger partial charge in [-0.3, -0.25) is 0 Å². The van der Waals surface area contributed by atoms with Crippen LogP contribution in [0.25, 0.3) is 66.1 Å². The van der Waals surface area contributed by atoms with E-state index in [0.717, 1.165) is 13.1 Å². The summed E-state index contributed by atoms with van der Waals surface area (Å²) in [5.41, 5.74) is 17.8. The van der Waals surface area contributed by atoms with Gasteiger partial charge in [-0.15, -0.1) is 0 Å². The lowest BCUT2D eigenvalue weighted by atomic mass is 9.94. The van der Waals surface area contributed by atoms with Crippen molar-refractivity contribution in [2.45, 2.75) is 54.6 Å². The van der Waals surface area contributed by atoms with E-state index in [1.807, 2.05) is 0 Å². The molecule has 0 aliphatic carbocycles. The highest BCUT2D eigenvalue weighted by atomic mass is 15.0. The zero-order valence-electron chi connectivity index (χ0n) is 34.2. The molecule has 0 bridgehead atoms. The molecule has 57 heavy (non-hydrogen) atoms. The Kier molecular flexibility index (Phi) is 9.25. The third kappa shape index (κ3) is 6.57. The van der Waals surface area contributed by atoms with Gasteiger partial charge in [0, 0.05) is 45.5 Å². The van der Waals surface area contributed by atoms with E-state index in [2.05, 4.69) is 214 Å². The molecule has 3 nitrogen and oxygen atoms in total. The number of rotatable bonds is 7. The molecule has 0 atom stereocenters. The van der Waals surface area contributed by atoms with Gasteiger partial charge in [-0.1, -0.05) is 84.4 Å². The highest BCUT2D eigenvalue weighted by molar-refractivity contribution is 5.97. The van der Waals surface area contributed by atoms with E-state index >= 15 is 0 Å². The summed E-state index contributed by atoms with van der Waals surface area (Å²) < 4.78 is 7.23. The van der Waals surface area contributed by atoms with Crippen LogP contribution in [0.1, 0.15) is 44.5 Å². The van der Waals surface area contributed by atoms with Crippen molar-refractivity contribution in [2.24, 2.45) is 7.05 Å². The van der Waals surface area contributed by atoms with Crippen LogP contribution in [0.2, 0.25) is 0 Å². The van der Waals surface area contributed by atoms with Gasteiger partial charge in [0.15, 0.2) is 31.7 Å². The van der Waals surface area contributed by atoms with Crippen molar-refractivity contribution in [3.05, 3.63) is 197 Å². The number of hydrogen-bond donors (Lipinski definition) is 0. The van der Waals surface area contributed by atoms with Gasteiger partial charge < -0.3 is 0 Å². The average molecular weight is 741 g/mol. The van der Waals surface area contributed by atoms with E-state index in [9.17, 15) is 0 Å². The van der Waals surface area contributed by atoms with E-state index in [1.54, 1.807) is 0 Å². The molecular weight excluding hydrogens is 691 g/mol. The minimum atomic E-state index is 0.750. The van der Waals surface area contributed by atoms with E-state index in [1.165, 1.54) is 111 Å². The van der Waals surface area contributed by atoms with E-state index < -0.39 is 0 Å². The standard InChI is InChI=1S/C54H50N3/c1-35-20-22-49-43(28-35)24-26-56(53(49)47-18-12-9-15-37(47)3)34-42-29-39(5)45-25-27-57(54(51(45)31-42)48-19-13-10-16-38(48)4)33-41-21-23-44-40(6)32-55(7)52(50(44)30-41)46-17-11-8-14-36(46)2/h8-32H,33-34H2,1-7H3/q+3. The molecule has 9 rings (SSSR count). The summed E-state index contributed by atoms with van der Waals surface area (Å²) in [7, 11) is 2.18. The fourth-order valence-electron chi connectivity index (χ4n) is 9.16. The SMILES string of the molecule is Cc1ccc2c(-c3ccccc3C)[n+](Cc3cc(C)c4cc[n+](Cc5ccc6c(C)c[n+](C)c(-c7ccccc7C)c6c5)c(-c5ccccc5C)c4c3)ccc2c1. The van der Waals surface area contributed by atoms with Gasteiger partial charge >= 0.3 is 0 Å². The number of fused-ring (bicyclic) bond motifs is 3. The predicted octanol–water partition coefficient (Wildman–Crippen LogP) is 11.5. The van der Waals surface area contributed by atoms with Crippen LogP contribution >= 0.6 is 0 Å². The van der Waals surface area contributed by atoms with Crippen LogP contribution in [-0.4, -0.2) is 0 Å². The first-order chi connectivity index (χ1) is 27.6. The van der Waals surface area contributed by atoms with E-state index in [4.69, 9.17) is 0 Å². The Balaban J connectivity index is 1.22. The first-order valence-electron chi connectivity index (χ1n) is 20.1. The van der Waals surface area contributed by atoms with Crippen molar-refractivity contribution in [3.63, 3.8) is 0 Å². The molecule has 0 fully saturated rings. The molecule has 0 N–H and O–H groups in total. The molecule has 0 spiro atoms. The Morgan fingerprint density at radius 1 is 0.386 bits per heavy atom. The van der Waals surface area contributed by atoms with Gasteiger partial charge in [-0.05, 0) is 122 Å². The number of nitrogens with zero attached hydrogens (tertiary/aromatic N) is 3. The predicted molar refractivity (Wildman–Crippen MR) is 236 cm³/mol. The highest BCUT2D eigenvalue weighted by Gasteiger charge is 2.25. The fourth-order valence-corrected chi connectivity index (χ4v) is 9.16.